The van der Waals surface area contributed by atoms with Gasteiger partial charge in [0.1, 0.15) is 6.04 Å². The molecular formula is C15H23N3O2. The maximum absolute atomic E-state index is 12.0. The Morgan fingerprint density at radius 2 is 1.90 bits per heavy atom. The summed E-state index contributed by atoms with van der Waals surface area (Å²) in [5, 5.41) is 2.63. The standard InChI is InChI=1S/C15H23N3O2/c1-2-3-9-13(14(17)19)18-15(20)12(16)10-11-7-5-4-6-8-11/h4-8,12-13H,2-3,9-10,16H2,1H3,(H2,17,19)(H,18,20). The molecule has 0 heterocycles. The van der Waals surface area contributed by atoms with Gasteiger partial charge in [0.25, 0.3) is 0 Å². The van der Waals surface area contributed by atoms with Gasteiger partial charge in [-0.05, 0) is 18.4 Å². The Balaban J connectivity index is 2.53. The van der Waals surface area contributed by atoms with Crippen molar-refractivity contribution in [1.82, 2.24) is 5.32 Å². The van der Waals surface area contributed by atoms with E-state index in [9.17, 15) is 9.59 Å². The van der Waals surface area contributed by atoms with Crippen LogP contribution in [0.2, 0.25) is 0 Å². The molecule has 0 radical (unpaired) electrons. The molecule has 0 fully saturated rings. The van der Waals surface area contributed by atoms with E-state index in [-0.39, 0.29) is 5.91 Å². The van der Waals surface area contributed by atoms with Gasteiger partial charge in [-0.15, -0.1) is 0 Å². The largest absolute Gasteiger partial charge is 0.368 e. The van der Waals surface area contributed by atoms with E-state index in [0.717, 1.165) is 18.4 Å². The molecule has 0 bridgehead atoms. The zero-order valence-electron chi connectivity index (χ0n) is 11.8. The molecule has 0 spiro atoms. The second-order valence-electron chi connectivity index (χ2n) is 4.90. The van der Waals surface area contributed by atoms with Gasteiger partial charge in [-0.25, -0.2) is 0 Å². The van der Waals surface area contributed by atoms with Gasteiger partial charge in [0.2, 0.25) is 11.8 Å². The fraction of sp³-hybridized carbons (Fsp3) is 0.467. The topological polar surface area (TPSA) is 98.2 Å². The molecule has 5 heteroatoms. The van der Waals surface area contributed by atoms with Crippen LogP contribution in [0.5, 0.6) is 0 Å². The normalized spacial score (nSPS) is 13.5. The number of rotatable bonds is 8. The Bertz CT molecular complexity index is 434. The minimum absolute atomic E-state index is 0.339. The van der Waals surface area contributed by atoms with Crippen molar-refractivity contribution in [2.45, 2.75) is 44.7 Å². The number of primary amides is 1. The van der Waals surface area contributed by atoms with E-state index in [1.165, 1.54) is 0 Å². The molecule has 110 valence electrons. The fourth-order valence-corrected chi connectivity index (χ4v) is 1.93. The first-order valence-electron chi connectivity index (χ1n) is 6.93. The maximum atomic E-state index is 12.0. The van der Waals surface area contributed by atoms with Gasteiger partial charge < -0.3 is 16.8 Å². The third-order valence-electron chi connectivity index (χ3n) is 3.14. The molecule has 1 rings (SSSR count). The average molecular weight is 277 g/mol. The number of nitrogens with one attached hydrogen (secondary N) is 1. The molecule has 2 amide bonds. The molecule has 5 nitrogen and oxygen atoms in total. The number of benzene rings is 1. The summed E-state index contributed by atoms with van der Waals surface area (Å²) in [4.78, 5) is 23.3. The molecule has 0 aliphatic rings. The molecule has 0 aliphatic heterocycles. The van der Waals surface area contributed by atoms with Crippen molar-refractivity contribution >= 4 is 11.8 Å². The SMILES string of the molecule is CCCCC(NC(=O)C(N)Cc1ccccc1)C(N)=O. The van der Waals surface area contributed by atoms with Crippen molar-refractivity contribution < 1.29 is 9.59 Å². The molecule has 0 aromatic heterocycles. The minimum Gasteiger partial charge on any atom is -0.368 e. The van der Waals surface area contributed by atoms with Crippen molar-refractivity contribution in [2.75, 3.05) is 0 Å². The number of carbonyl (C=O) groups excluding carboxylic acids is 2. The van der Waals surface area contributed by atoms with Gasteiger partial charge in [0, 0.05) is 0 Å². The fourth-order valence-electron chi connectivity index (χ4n) is 1.93. The van der Waals surface area contributed by atoms with Crippen LogP contribution in [-0.2, 0) is 16.0 Å². The highest BCUT2D eigenvalue weighted by Crippen LogP contribution is 2.04. The molecule has 0 saturated carbocycles. The molecule has 2 unspecified atom stereocenters. The quantitative estimate of drug-likeness (QED) is 0.653. The van der Waals surface area contributed by atoms with Gasteiger partial charge in [-0.3, -0.25) is 9.59 Å². The van der Waals surface area contributed by atoms with Crippen LogP contribution in [0.15, 0.2) is 30.3 Å². The number of carbonyl (C=O) groups is 2. The summed E-state index contributed by atoms with van der Waals surface area (Å²) in [7, 11) is 0. The number of unbranched alkanes of at least 4 members (excludes halogenated alkanes) is 1. The summed E-state index contributed by atoms with van der Waals surface area (Å²) >= 11 is 0. The van der Waals surface area contributed by atoms with Crippen LogP contribution >= 0.6 is 0 Å². The molecule has 20 heavy (non-hydrogen) atoms. The molecule has 0 aliphatic carbocycles. The van der Waals surface area contributed by atoms with Gasteiger partial charge in [-0.1, -0.05) is 50.1 Å². The van der Waals surface area contributed by atoms with Crippen LogP contribution in [-0.4, -0.2) is 23.9 Å². The third-order valence-corrected chi connectivity index (χ3v) is 3.14. The minimum atomic E-state index is -0.680. The molecular weight excluding hydrogens is 254 g/mol. The van der Waals surface area contributed by atoms with Crippen molar-refractivity contribution in [3.8, 4) is 0 Å². The number of hydrogen-bond donors (Lipinski definition) is 3. The second kappa shape index (κ2) is 8.32. The van der Waals surface area contributed by atoms with Crippen molar-refractivity contribution in [2.24, 2.45) is 11.5 Å². The highest BCUT2D eigenvalue weighted by atomic mass is 16.2. The first kappa shape index (κ1) is 16.2. The Labute approximate surface area is 119 Å². The van der Waals surface area contributed by atoms with Gasteiger partial charge in [0.05, 0.1) is 6.04 Å². The van der Waals surface area contributed by atoms with E-state index in [4.69, 9.17) is 11.5 Å². The van der Waals surface area contributed by atoms with Gasteiger partial charge in [0.15, 0.2) is 0 Å². The lowest BCUT2D eigenvalue weighted by Crippen LogP contribution is -2.51. The zero-order chi connectivity index (χ0) is 15.0. The zero-order valence-corrected chi connectivity index (χ0v) is 11.8. The molecule has 5 N–H and O–H groups in total. The number of amides is 2. The van der Waals surface area contributed by atoms with Crippen molar-refractivity contribution in [1.29, 1.82) is 0 Å². The highest BCUT2D eigenvalue weighted by Gasteiger charge is 2.21. The third kappa shape index (κ3) is 5.40. The van der Waals surface area contributed by atoms with Crippen LogP contribution in [0.25, 0.3) is 0 Å². The van der Waals surface area contributed by atoms with Gasteiger partial charge in [-0.2, -0.15) is 0 Å². The molecule has 1 aromatic rings. The maximum Gasteiger partial charge on any atom is 0.240 e. The summed E-state index contributed by atoms with van der Waals surface area (Å²) in [5.41, 5.74) is 12.1. The van der Waals surface area contributed by atoms with E-state index in [1.54, 1.807) is 0 Å². The van der Waals surface area contributed by atoms with Crippen LogP contribution in [0.3, 0.4) is 0 Å². The number of nitrogens with two attached hydrogens (primary N) is 2. The Kier molecular flexibility index (Phi) is 6.73. The van der Waals surface area contributed by atoms with Crippen LogP contribution in [0.1, 0.15) is 31.7 Å². The van der Waals surface area contributed by atoms with Gasteiger partial charge >= 0.3 is 0 Å². The van der Waals surface area contributed by atoms with E-state index >= 15 is 0 Å². The Morgan fingerprint density at radius 3 is 2.45 bits per heavy atom. The van der Waals surface area contributed by atoms with Crippen molar-refractivity contribution in [3.05, 3.63) is 35.9 Å². The summed E-state index contributed by atoms with van der Waals surface area (Å²) in [6, 6.07) is 8.21. The first-order chi connectivity index (χ1) is 9.54. The Morgan fingerprint density at radius 1 is 1.25 bits per heavy atom. The predicted molar refractivity (Wildman–Crippen MR) is 78.8 cm³/mol. The smallest absolute Gasteiger partial charge is 0.240 e. The van der Waals surface area contributed by atoms with Crippen LogP contribution in [0, 0.1) is 0 Å². The number of hydrogen-bond acceptors (Lipinski definition) is 3. The van der Waals surface area contributed by atoms with E-state index in [2.05, 4.69) is 5.32 Å². The van der Waals surface area contributed by atoms with Crippen LogP contribution < -0.4 is 16.8 Å². The lowest BCUT2D eigenvalue weighted by atomic mass is 10.0. The summed E-state index contributed by atoms with van der Waals surface area (Å²) < 4.78 is 0. The molecule has 0 saturated heterocycles. The van der Waals surface area contributed by atoms with E-state index in [1.807, 2.05) is 37.3 Å². The summed E-state index contributed by atoms with van der Waals surface area (Å²) in [6.45, 7) is 2.01. The second-order valence-corrected chi connectivity index (χ2v) is 4.90. The highest BCUT2D eigenvalue weighted by molar-refractivity contribution is 5.89. The Hall–Kier alpha value is -1.88. The monoisotopic (exact) mass is 277 g/mol. The summed E-state index contributed by atoms with van der Waals surface area (Å²) in [6.07, 6.45) is 2.76. The van der Waals surface area contributed by atoms with Crippen LogP contribution in [0.4, 0.5) is 0 Å². The van der Waals surface area contributed by atoms with Crippen molar-refractivity contribution in [3.63, 3.8) is 0 Å². The first-order valence-corrected chi connectivity index (χ1v) is 6.93. The van der Waals surface area contributed by atoms with E-state index in [0.29, 0.717) is 12.8 Å². The van der Waals surface area contributed by atoms with E-state index < -0.39 is 18.0 Å². The summed E-state index contributed by atoms with van der Waals surface area (Å²) in [5.74, 6) is -0.854. The average Bonchev–Trinajstić information content (AvgIpc) is 2.43. The predicted octanol–water partition coefficient (Wildman–Crippen LogP) is 0.717. The molecule has 2 atom stereocenters. The lowest BCUT2D eigenvalue weighted by Gasteiger charge is -2.18. The lowest BCUT2D eigenvalue weighted by molar-refractivity contribution is -0.128. The molecule has 1 aromatic carbocycles.